The molecule has 112 valence electrons. The number of likely N-dealkylation sites (N-methyl/N-ethyl adjacent to an activating group) is 1. The lowest BCUT2D eigenvalue weighted by molar-refractivity contribution is 0.244. The largest absolute Gasteiger partial charge is 0.315 e. The second-order valence-electron chi connectivity index (χ2n) is 5.70. The quantitative estimate of drug-likeness (QED) is 0.703. The van der Waals surface area contributed by atoms with Gasteiger partial charge in [0.1, 0.15) is 0 Å². The Labute approximate surface area is 117 Å². The van der Waals surface area contributed by atoms with Crippen LogP contribution in [-0.2, 0) is 10.2 Å². The van der Waals surface area contributed by atoms with Gasteiger partial charge in [-0.1, -0.05) is 26.2 Å². The summed E-state index contributed by atoms with van der Waals surface area (Å²) in [6.07, 6.45) is 6.61. The second kappa shape index (κ2) is 7.02. The fourth-order valence-corrected chi connectivity index (χ4v) is 4.17. The number of piperidine rings is 1. The van der Waals surface area contributed by atoms with Gasteiger partial charge in [-0.25, -0.2) is 4.72 Å². The number of hydrogen-bond donors (Lipinski definition) is 2. The minimum atomic E-state index is -3.29. The molecule has 0 aromatic carbocycles. The zero-order chi connectivity index (χ0) is 13.7. The van der Waals surface area contributed by atoms with Crippen LogP contribution in [0.15, 0.2) is 0 Å². The van der Waals surface area contributed by atoms with Crippen LogP contribution in [0.5, 0.6) is 0 Å². The van der Waals surface area contributed by atoms with E-state index in [2.05, 4.69) is 17.0 Å². The van der Waals surface area contributed by atoms with E-state index in [1.807, 2.05) is 0 Å². The first-order valence-electron chi connectivity index (χ1n) is 7.60. The topological polar surface area (TPSA) is 61.4 Å². The first kappa shape index (κ1) is 15.2. The SMILES string of the molecule is CCNCC1CCCCN1S(=O)(=O)NCCC1CC1. The number of nitrogens with one attached hydrogen (secondary N) is 2. The van der Waals surface area contributed by atoms with E-state index >= 15 is 0 Å². The summed E-state index contributed by atoms with van der Waals surface area (Å²) in [6.45, 7) is 4.96. The highest BCUT2D eigenvalue weighted by molar-refractivity contribution is 7.87. The van der Waals surface area contributed by atoms with Crippen LogP contribution in [0.4, 0.5) is 0 Å². The average Bonchev–Trinajstić information content (AvgIpc) is 3.20. The highest BCUT2D eigenvalue weighted by Gasteiger charge is 2.32. The van der Waals surface area contributed by atoms with Gasteiger partial charge in [0.2, 0.25) is 0 Å². The number of hydrogen-bond acceptors (Lipinski definition) is 3. The lowest BCUT2D eigenvalue weighted by Gasteiger charge is -2.34. The molecule has 2 fully saturated rings. The molecule has 2 aliphatic rings. The fourth-order valence-electron chi connectivity index (χ4n) is 2.69. The van der Waals surface area contributed by atoms with Crippen LogP contribution in [0.25, 0.3) is 0 Å². The van der Waals surface area contributed by atoms with Gasteiger partial charge in [0.15, 0.2) is 0 Å². The van der Waals surface area contributed by atoms with Gasteiger partial charge >= 0.3 is 0 Å². The molecule has 0 amide bonds. The molecule has 6 heteroatoms. The molecule has 1 saturated carbocycles. The first-order chi connectivity index (χ1) is 9.13. The maximum Gasteiger partial charge on any atom is 0.279 e. The monoisotopic (exact) mass is 289 g/mol. The maximum atomic E-state index is 12.3. The molecular weight excluding hydrogens is 262 g/mol. The van der Waals surface area contributed by atoms with Crippen LogP contribution in [0, 0.1) is 5.92 Å². The van der Waals surface area contributed by atoms with E-state index in [1.54, 1.807) is 4.31 Å². The van der Waals surface area contributed by atoms with E-state index in [0.717, 1.165) is 44.7 Å². The van der Waals surface area contributed by atoms with Gasteiger partial charge in [-0.05, 0) is 31.7 Å². The summed E-state index contributed by atoms with van der Waals surface area (Å²) in [7, 11) is -3.29. The third kappa shape index (κ3) is 4.70. The molecule has 19 heavy (non-hydrogen) atoms. The maximum absolute atomic E-state index is 12.3. The summed E-state index contributed by atoms with van der Waals surface area (Å²) in [5, 5.41) is 3.27. The van der Waals surface area contributed by atoms with Crippen molar-refractivity contribution in [2.75, 3.05) is 26.2 Å². The normalized spacial score (nSPS) is 25.6. The van der Waals surface area contributed by atoms with Crippen molar-refractivity contribution in [3.63, 3.8) is 0 Å². The zero-order valence-corrected chi connectivity index (χ0v) is 12.7. The van der Waals surface area contributed by atoms with Crippen molar-refractivity contribution >= 4 is 10.2 Å². The summed E-state index contributed by atoms with van der Waals surface area (Å²) < 4.78 is 29.1. The molecule has 1 atom stereocenters. The third-order valence-electron chi connectivity index (χ3n) is 4.05. The molecular formula is C13H27N3O2S. The van der Waals surface area contributed by atoms with Gasteiger partial charge < -0.3 is 5.32 Å². The van der Waals surface area contributed by atoms with E-state index < -0.39 is 10.2 Å². The van der Waals surface area contributed by atoms with Crippen molar-refractivity contribution in [2.45, 2.75) is 51.5 Å². The lowest BCUT2D eigenvalue weighted by atomic mass is 10.1. The van der Waals surface area contributed by atoms with Crippen LogP contribution in [-0.4, -0.2) is 44.9 Å². The molecule has 0 aromatic heterocycles. The Bertz CT molecular complexity index is 368. The Hall–Kier alpha value is -0.170. The molecule has 1 heterocycles. The smallest absolute Gasteiger partial charge is 0.279 e. The summed E-state index contributed by atoms with van der Waals surface area (Å²) in [4.78, 5) is 0. The van der Waals surface area contributed by atoms with Crippen molar-refractivity contribution in [3.05, 3.63) is 0 Å². The molecule has 1 aliphatic heterocycles. The highest BCUT2D eigenvalue weighted by atomic mass is 32.2. The Morgan fingerprint density at radius 2 is 2.00 bits per heavy atom. The Balaban J connectivity index is 1.86. The van der Waals surface area contributed by atoms with Crippen molar-refractivity contribution in [2.24, 2.45) is 5.92 Å². The summed E-state index contributed by atoms with van der Waals surface area (Å²) in [5.41, 5.74) is 0. The summed E-state index contributed by atoms with van der Waals surface area (Å²) >= 11 is 0. The standard InChI is InChI=1S/C13H27N3O2S/c1-2-14-11-13-5-3-4-10-16(13)19(17,18)15-9-8-12-6-7-12/h12-15H,2-11H2,1H3. The molecule has 0 spiro atoms. The molecule has 0 aromatic rings. The number of rotatable bonds is 8. The summed E-state index contributed by atoms with van der Waals surface area (Å²) in [5.74, 6) is 0.765. The van der Waals surface area contributed by atoms with Gasteiger partial charge in [0.05, 0.1) is 0 Å². The first-order valence-corrected chi connectivity index (χ1v) is 9.04. The highest BCUT2D eigenvalue weighted by Crippen LogP contribution is 2.31. The van der Waals surface area contributed by atoms with Crippen LogP contribution >= 0.6 is 0 Å². The fraction of sp³-hybridized carbons (Fsp3) is 1.00. The molecule has 1 saturated heterocycles. The molecule has 2 N–H and O–H groups in total. The zero-order valence-electron chi connectivity index (χ0n) is 11.9. The van der Waals surface area contributed by atoms with Crippen LogP contribution < -0.4 is 10.0 Å². The molecule has 0 radical (unpaired) electrons. The average molecular weight is 289 g/mol. The van der Waals surface area contributed by atoms with Crippen LogP contribution in [0.2, 0.25) is 0 Å². The van der Waals surface area contributed by atoms with Gasteiger partial charge in [0.25, 0.3) is 10.2 Å². The Morgan fingerprint density at radius 3 is 2.68 bits per heavy atom. The van der Waals surface area contributed by atoms with E-state index in [4.69, 9.17) is 0 Å². The Morgan fingerprint density at radius 1 is 1.21 bits per heavy atom. The molecule has 1 aliphatic carbocycles. The van der Waals surface area contributed by atoms with Gasteiger partial charge in [-0.2, -0.15) is 12.7 Å². The summed E-state index contributed by atoms with van der Waals surface area (Å²) in [6, 6.07) is 0.118. The minimum absolute atomic E-state index is 0.118. The molecule has 1 unspecified atom stereocenters. The molecule has 2 rings (SSSR count). The van der Waals surface area contributed by atoms with Crippen LogP contribution in [0.1, 0.15) is 45.4 Å². The van der Waals surface area contributed by atoms with Crippen LogP contribution in [0.3, 0.4) is 0 Å². The molecule has 5 nitrogen and oxygen atoms in total. The van der Waals surface area contributed by atoms with Crippen molar-refractivity contribution in [3.8, 4) is 0 Å². The van der Waals surface area contributed by atoms with Gasteiger partial charge in [-0.15, -0.1) is 0 Å². The van der Waals surface area contributed by atoms with Crippen molar-refractivity contribution in [1.82, 2.24) is 14.3 Å². The lowest BCUT2D eigenvalue weighted by Crippen LogP contribution is -2.52. The van der Waals surface area contributed by atoms with E-state index in [9.17, 15) is 8.42 Å². The predicted molar refractivity (Wildman–Crippen MR) is 77.2 cm³/mol. The number of nitrogens with zero attached hydrogens (tertiary/aromatic N) is 1. The van der Waals surface area contributed by atoms with E-state index in [0.29, 0.717) is 13.1 Å². The molecule has 0 bridgehead atoms. The Kier molecular flexibility index (Phi) is 5.62. The van der Waals surface area contributed by atoms with Gasteiger partial charge in [0, 0.05) is 25.7 Å². The third-order valence-corrected chi connectivity index (χ3v) is 5.71. The van der Waals surface area contributed by atoms with Crippen molar-refractivity contribution < 1.29 is 8.42 Å². The predicted octanol–water partition coefficient (Wildman–Crippen LogP) is 1.08. The van der Waals surface area contributed by atoms with Gasteiger partial charge in [-0.3, -0.25) is 0 Å². The second-order valence-corrected chi connectivity index (χ2v) is 7.41. The minimum Gasteiger partial charge on any atom is -0.315 e. The van der Waals surface area contributed by atoms with E-state index in [1.165, 1.54) is 12.8 Å². The van der Waals surface area contributed by atoms with E-state index in [-0.39, 0.29) is 6.04 Å². The van der Waals surface area contributed by atoms with Crippen molar-refractivity contribution in [1.29, 1.82) is 0 Å².